The summed E-state index contributed by atoms with van der Waals surface area (Å²) in [7, 11) is 0. The van der Waals surface area contributed by atoms with Gasteiger partial charge in [-0.05, 0) is 18.9 Å². The van der Waals surface area contributed by atoms with Crippen LogP contribution in [0.3, 0.4) is 0 Å². The molecule has 12 heteroatoms. The molecule has 0 aliphatic carbocycles. The minimum absolute atomic E-state index is 0.0186. The largest absolute Gasteiger partial charge is 0.459 e. The molecule has 1 aromatic rings. The van der Waals surface area contributed by atoms with Gasteiger partial charge in [0.05, 0.1) is 19.3 Å². The van der Waals surface area contributed by atoms with Crippen LogP contribution in [-0.4, -0.2) is 59.0 Å². The van der Waals surface area contributed by atoms with E-state index < -0.39 is 54.2 Å². The van der Waals surface area contributed by atoms with Gasteiger partial charge in [-0.3, -0.25) is 14.3 Å². The molecule has 1 amide bonds. The molecule has 1 atom stereocenters. The molecule has 0 spiro atoms. The Morgan fingerprint density at radius 3 is 2.53 bits per heavy atom. The number of carbonyl (C=O) groups excluding carboxylic acids is 2. The second-order valence-corrected chi connectivity index (χ2v) is 7.22. The van der Waals surface area contributed by atoms with Gasteiger partial charge in [0.1, 0.15) is 24.0 Å². The van der Waals surface area contributed by atoms with Crippen LogP contribution >= 0.6 is 0 Å². The lowest BCUT2D eigenvalue weighted by Gasteiger charge is -2.36. The number of esters is 1. The third kappa shape index (κ3) is 4.56. The van der Waals surface area contributed by atoms with Crippen LogP contribution in [-0.2, 0) is 25.6 Å². The second-order valence-electron chi connectivity index (χ2n) is 7.22. The van der Waals surface area contributed by atoms with Crippen molar-refractivity contribution < 1.29 is 36.6 Å². The average molecular weight is 432 g/mol. The predicted octanol–water partition coefficient (Wildman–Crippen LogP) is 2.22. The van der Waals surface area contributed by atoms with E-state index in [0.717, 1.165) is 0 Å². The zero-order valence-corrected chi connectivity index (χ0v) is 15.9. The number of nitrogens with zero attached hydrogens (tertiary/aromatic N) is 4. The number of carbonyl (C=O) groups is 2. The highest BCUT2D eigenvalue weighted by Crippen LogP contribution is 2.33. The van der Waals surface area contributed by atoms with Crippen LogP contribution in [0.2, 0.25) is 0 Å². The summed E-state index contributed by atoms with van der Waals surface area (Å²) in [6, 6.07) is 2.56. The molecule has 0 radical (unpaired) electrons. The molecule has 3 heterocycles. The molecule has 2 aliphatic rings. The summed E-state index contributed by atoms with van der Waals surface area (Å²) in [4.78, 5) is 26.3. The van der Waals surface area contributed by atoms with Gasteiger partial charge < -0.3 is 14.4 Å². The van der Waals surface area contributed by atoms with Crippen molar-refractivity contribution >= 4 is 11.9 Å². The minimum Gasteiger partial charge on any atom is -0.459 e. The number of halogens is 4. The van der Waals surface area contributed by atoms with Crippen molar-refractivity contribution in [2.24, 2.45) is 5.41 Å². The van der Waals surface area contributed by atoms with Gasteiger partial charge in [0, 0.05) is 19.5 Å². The van der Waals surface area contributed by atoms with Crippen LogP contribution in [0, 0.1) is 16.7 Å². The van der Waals surface area contributed by atoms with Gasteiger partial charge >= 0.3 is 5.97 Å². The first-order valence-electron chi connectivity index (χ1n) is 9.37. The Labute approximate surface area is 169 Å². The number of ether oxygens (including phenoxy) is 2. The quantitative estimate of drug-likeness (QED) is 0.505. The fourth-order valence-electron chi connectivity index (χ4n) is 3.46. The summed E-state index contributed by atoms with van der Waals surface area (Å²) in [6.45, 7) is 0.150. The van der Waals surface area contributed by atoms with E-state index >= 15 is 0 Å². The maximum atomic E-state index is 13.1. The van der Waals surface area contributed by atoms with Gasteiger partial charge in [-0.2, -0.15) is 10.4 Å². The van der Waals surface area contributed by atoms with Crippen LogP contribution in [0.15, 0.2) is 6.07 Å². The third-order valence-corrected chi connectivity index (χ3v) is 5.30. The van der Waals surface area contributed by atoms with Gasteiger partial charge in [-0.25, -0.2) is 17.6 Å². The van der Waals surface area contributed by atoms with E-state index in [4.69, 9.17) is 9.47 Å². The maximum absolute atomic E-state index is 13.1. The molecule has 164 valence electrons. The number of hydrogen-bond donors (Lipinski definition) is 0. The van der Waals surface area contributed by atoms with E-state index in [1.54, 1.807) is 0 Å². The number of nitriles is 1. The molecule has 2 saturated heterocycles. The molecule has 8 nitrogen and oxygen atoms in total. The van der Waals surface area contributed by atoms with E-state index in [0.29, 0.717) is 23.8 Å². The van der Waals surface area contributed by atoms with Crippen LogP contribution < -0.4 is 0 Å². The molecule has 1 aromatic heterocycles. The average Bonchev–Trinajstić information content (AvgIpc) is 3.38. The Morgan fingerprint density at radius 2 is 2.00 bits per heavy atom. The van der Waals surface area contributed by atoms with Crippen molar-refractivity contribution in [2.75, 3.05) is 26.3 Å². The second kappa shape index (κ2) is 8.99. The number of amides is 1. The number of likely N-dealkylation sites (tertiary alicyclic amines) is 1. The molecule has 0 saturated carbocycles. The molecular weight excluding hydrogens is 412 g/mol. The molecule has 2 aliphatic heterocycles. The van der Waals surface area contributed by atoms with E-state index in [-0.39, 0.29) is 32.5 Å². The van der Waals surface area contributed by atoms with Crippen LogP contribution in [0.1, 0.15) is 43.5 Å². The third-order valence-electron chi connectivity index (χ3n) is 5.30. The summed E-state index contributed by atoms with van der Waals surface area (Å²) >= 11 is 0. The van der Waals surface area contributed by atoms with Crippen LogP contribution in [0.25, 0.3) is 0 Å². The summed E-state index contributed by atoms with van der Waals surface area (Å²) in [6.07, 6.45) is -5.93. The lowest BCUT2D eigenvalue weighted by Crippen LogP contribution is -2.48. The molecule has 3 rings (SSSR count). The Bertz CT molecular complexity index is 825. The van der Waals surface area contributed by atoms with Gasteiger partial charge in [0.2, 0.25) is 5.91 Å². The summed E-state index contributed by atoms with van der Waals surface area (Å²) in [5.74, 6) is -1.29. The van der Waals surface area contributed by atoms with Crippen LogP contribution in [0.4, 0.5) is 17.6 Å². The summed E-state index contributed by atoms with van der Waals surface area (Å²) < 4.78 is 62.7. The molecule has 0 aromatic carbocycles. The van der Waals surface area contributed by atoms with Crippen molar-refractivity contribution in [1.29, 1.82) is 5.26 Å². The van der Waals surface area contributed by atoms with E-state index in [9.17, 15) is 32.4 Å². The standard InChI is InChI=1S/C18H20F4N4O4/c19-15(20)12-7-13(16(21)22)26(24-12)8-14(27)25-4-2-18(10-23,3-5-25)17(28)30-11-1-6-29-9-11/h7,11,15-16H,1-6,8-9H2/t11-/m0/s1. The zero-order chi connectivity index (χ0) is 21.9. The number of rotatable bonds is 6. The SMILES string of the molecule is N#CC1(C(=O)O[C@H]2CCOC2)CCN(C(=O)Cn2nc(C(F)F)cc2C(F)F)CC1. The molecule has 0 unspecified atom stereocenters. The normalized spacial score (nSPS) is 21.1. The highest BCUT2D eigenvalue weighted by atomic mass is 19.3. The monoisotopic (exact) mass is 432 g/mol. The lowest BCUT2D eigenvalue weighted by atomic mass is 9.79. The Hall–Kier alpha value is -2.68. The van der Waals surface area contributed by atoms with Gasteiger partial charge in [-0.1, -0.05) is 0 Å². The molecular formula is C18H20F4N4O4. The topological polar surface area (TPSA) is 97.5 Å². The Kier molecular flexibility index (Phi) is 6.60. The summed E-state index contributed by atoms with van der Waals surface area (Å²) in [5, 5.41) is 12.9. The van der Waals surface area contributed by atoms with E-state index in [1.807, 2.05) is 6.07 Å². The highest BCUT2D eigenvalue weighted by Gasteiger charge is 2.45. The molecule has 30 heavy (non-hydrogen) atoms. The first-order valence-corrected chi connectivity index (χ1v) is 9.37. The van der Waals surface area contributed by atoms with Crippen molar-refractivity contribution in [3.63, 3.8) is 0 Å². The molecule has 2 fully saturated rings. The Morgan fingerprint density at radius 1 is 1.30 bits per heavy atom. The number of alkyl halides is 4. The Balaban J connectivity index is 1.62. The van der Waals surface area contributed by atoms with Gasteiger partial charge in [0.25, 0.3) is 12.9 Å². The van der Waals surface area contributed by atoms with Crippen molar-refractivity contribution in [1.82, 2.24) is 14.7 Å². The first kappa shape index (κ1) is 22.0. The molecule has 0 bridgehead atoms. The fraction of sp³-hybridized carbons (Fsp3) is 0.667. The van der Waals surface area contributed by atoms with E-state index in [1.165, 1.54) is 4.90 Å². The zero-order valence-electron chi connectivity index (χ0n) is 15.9. The van der Waals surface area contributed by atoms with E-state index in [2.05, 4.69) is 5.10 Å². The fourth-order valence-corrected chi connectivity index (χ4v) is 3.46. The molecule has 0 N–H and O–H groups in total. The number of hydrogen-bond acceptors (Lipinski definition) is 6. The van der Waals surface area contributed by atoms with Gasteiger partial charge in [-0.15, -0.1) is 0 Å². The minimum atomic E-state index is -3.07. The summed E-state index contributed by atoms with van der Waals surface area (Å²) in [5.41, 5.74) is -3.01. The van der Waals surface area contributed by atoms with Crippen LogP contribution in [0.5, 0.6) is 0 Å². The van der Waals surface area contributed by atoms with Crippen molar-refractivity contribution in [2.45, 2.75) is 44.8 Å². The highest BCUT2D eigenvalue weighted by molar-refractivity contribution is 5.81. The van der Waals surface area contributed by atoms with Crippen molar-refractivity contribution in [3.8, 4) is 6.07 Å². The van der Waals surface area contributed by atoms with Gasteiger partial charge in [0.15, 0.2) is 5.41 Å². The lowest BCUT2D eigenvalue weighted by molar-refractivity contribution is -0.161. The maximum Gasteiger partial charge on any atom is 0.326 e. The smallest absolute Gasteiger partial charge is 0.326 e. The first-order chi connectivity index (χ1) is 14.3. The number of piperidine rings is 1. The number of aromatic nitrogens is 2. The predicted molar refractivity (Wildman–Crippen MR) is 91.3 cm³/mol. The van der Waals surface area contributed by atoms with Crippen molar-refractivity contribution in [3.05, 3.63) is 17.5 Å².